The largest absolute Gasteiger partial charge is 0.368 e. The summed E-state index contributed by atoms with van der Waals surface area (Å²) in [5, 5.41) is 4.20. The molecule has 2 fully saturated rings. The highest BCUT2D eigenvalue weighted by Crippen LogP contribution is 2.43. The second kappa shape index (κ2) is 12.7. The molecule has 43 heavy (non-hydrogen) atoms. The first-order valence-electron chi connectivity index (χ1n) is 14.5. The van der Waals surface area contributed by atoms with Gasteiger partial charge in [0.25, 0.3) is 0 Å². The van der Waals surface area contributed by atoms with Gasteiger partial charge in [-0.25, -0.2) is 0 Å². The fraction of sp³-hybridized carbons (Fsp3) is 0.314. The van der Waals surface area contributed by atoms with Gasteiger partial charge >= 0.3 is 0 Å². The molecule has 0 N–H and O–H groups in total. The van der Waals surface area contributed by atoms with Crippen LogP contribution >= 0.6 is 0 Å². The molecule has 4 aromatic carbocycles. The van der Waals surface area contributed by atoms with Gasteiger partial charge in [0.05, 0.1) is 19.3 Å². The lowest BCUT2D eigenvalue weighted by molar-refractivity contribution is -0.223. The summed E-state index contributed by atoms with van der Waals surface area (Å²) in [4.78, 5) is 3.20. The molecule has 8 nitrogen and oxygen atoms in total. The fourth-order valence-corrected chi connectivity index (χ4v) is 6.01. The average molecular weight is 578 g/mol. The molecule has 6 rings (SSSR count). The van der Waals surface area contributed by atoms with Crippen LogP contribution in [-0.2, 0) is 35.9 Å². The molecule has 220 valence electrons. The Balaban J connectivity index is 1.35. The third-order valence-corrected chi connectivity index (χ3v) is 7.90. The molecule has 2 saturated heterocycles. The summed E-state index contributed by atoms with van der Waals surface area (Å²) in [5.41, 5.74) is 12.6. The first kappa shape index (κ1) is 29.1. The molecule has 0 unspecified atom stereocenters. The Bertz CT molecular complexity index is 1420. The van der Waals surface area contributed by atoms with Crippen LogP contribution in [0.5, 0.6) is 0 Å². The summed E-state index contributed by atoms with van der Waals surface area (Å²) >= 11 is 0. The molecule has 0 radical (unpaired) electrons. The molecule has 2 aliphatic heterocycles. The van der Waals surface area contributed by atoms with E-state index >= 15 is 0 Å². The van der Waals surface area contributed by atoms with E-state index in [2.05, 4.69) is 46.4 Å². The van der Waals surface area contributed by atoms with E-state index in [0.29, 0.717) is 6.61 Å². The van der Waals surface area contributed by atoms with Gasteiger partial charge in [-0.15, -0.1) is 0 Å². The molecule has 2 aliphatic rings. The van der Waals surface area contributed by atoms with Crippen molar-refractivity contribution in [2.24, 2.45) is 5.11 Å². The van der Waals surface area contributed by atoms with Crippen LogP contribution in [0.2, 0.25) is 0 Å². The highest BCUT2D eigenvalue weighted by atomic mass is 16.8. The smallest absolute Gasteiger partial charge is 0.190 e. The Labute approximate surface area is 251 Å². The number of rotatable bonds is 11. The SMILES string of the molecule is CC1(C)O[C@H]2O[C@H]([C@H](COC(c3ccccc3)(c3ccccc3)c3ccccc3)N=[N+]=[N-])[C@H](OCc3ccccc3)[C@H]2O1. The summed E-state index contributed by atoms with van der Waals surface area (Å²) in [6.07, 6.45) is -2.40. The molecule has 5 atom stereocenters. The van der Waals surface area contributed by atoms with Crippen LogP contribution in [0.3, 0.4) is 0 Å². The van der Waals surface area contributed by atoms with Crippen LogP contribution in [0.25, 0.3) is 10.4 Å². The van der Waals surface area contributed by atoms with Crippen molar-refractivity contribution in [1.29, 1.82) is 0 Å². The second-order valence-electron chi connectivity index (χ2n) is 11.2. The van der Waals surface area contributed by atoms with Crippen molar-refractivity contribution in [1.82, 2.24) is 0 Å². The zero-order chi connectivity index (χ0) is 29.7. The zero-order valence-corrected chi connectivity index (χ0v) is 24.2. The summed E-state index contributed by atoms with van der Waals surface area (Å²) in [7, 11) is 0. The maximum Gasteiger partial charge on any atom is 0.190 e. The average Bonchev–Trinajstić information content (AvgIpc) is 3.53. The lowest BCUT2D eigenvalue weighted by Gasteiger charge is -2.37. The Kier molecular flexibility index (Phi) is 8.58. The molecular weight excluding hydrogens is 542 g/mol. The summed E-state index contributed by atoms with van der Waals surface area (Å²) in [6.45, 7) is 4.07. The minimum Gasteiger partial charge on any atom is -0.368 e. The number of azide groups is 1. The van der Waals surface area contributed by atoms with Crippen molar-refractivity contribution in [3.05, 3.63) is 154 Å². The Hall–Kier alpha value is -4.01. The summed E-state index contributed by atoms with van der Waals surface area (Å²) in [6, 6.07) is 39.4. The van der Waals surface area contributed by atoms with Gasteiger partial charge in [0.2, 0.25) is 0 Å². The van der Waals surface area contributed by atoms with Crippen molar-refractivity contribution in [3.8, 4) is 0 Å². The number of hydrogen-bond acceptors (Lipinski definition) is 6. The van der Waals surface area contributed by atoms with Gasteiger partial charge in [0.1, 0.15) is 23.9 Å². The molecule has 0 amide bonds. The van der Waals surface area contributed by atoms with E-state index in [4.69, 9.17) is 23.7 Å². The molecule has 0 saturated carbocycles. The highest BCUT2D eigenvalue weighted by molar-refractivity contribution is 5.47. The van der Waals surface area contributed by atoms with Gasteiger partial charge in [-0.2, -0.15) is 0 Å². The lowest BCUT2D eigenvalue weighted by atomic mass is 9.80. The minimum absolute atomic E-state index is 0.0431. The van der Waals surface area contributed by atoms with Crippen molar-refractivity contribution < 1.29 is 23.7 Å². The van der Waals surface area contributed by atoms with Gasteiger partial charge in [0.15, 0.2) is 12.1 Å². The monoisotopic (exact) mass is 577 g/mol. The highest BCUT2D eigenvalue weighted by Gasteiger charge is 2.57. The van der Waals surface area contributed by atoms with Crippen LogP contribution in [0, 0.1) is 0 Å². The molecular formula is C35H35N3O5. The first-order chi connectivity index (χ1) is 21.0. The Morgan fingerprint density at radius 2 is 1.30 bits per heavy atom. The Morgan fingerprint density at radius 3 is 1.81 bits per heavy atom. The molecule has 0 bridgehead atoms. The van der Waals surface area contributed by atoms with Gasteiger partial charge in [-0.3, -0.25) is 0 Å². The van der Waals surface area contributed by atoms with Crippen LogP contribution in [-0.4, -0.2) is 43.0 Å². The van der Waals surface area contributed by atoms with Gasteiger partial charge in [-0.05, 0) is 41.6 Å². The van der Waals surface area contributed by atoms with E-state index < -0.39 is 42.0 Å². The quantitative estimate of drug-likeness (QED) is 0.0818. The molecule has 2 heterocycles. The van der Waals surface area contributed by atoms with Crippen LogP contribution < -0.4 is 0 Å². The summed E-state index contributed by atoms with van der Waals surface area (Å²) < 4.78 is 32.2. The van der Waals surface area contributed by atoms with Gasteiger partial charge in [-0.1, -0.05) is 126 Å². The normalized spacial score (nSPS) is 23.3. The standard InChI is InChI=1S/C35H35N3O5/c1-34(2)42-32-31(39-23-25-15-7-3-8-16-25)30(41-33(32)43-34)29(37-38-36)24-40-35(26-17-9-4-10-18-26,27-19-11-5-12-20-27)28-21-13-6-14-22-28/h3-22,29-33H,23-24H2,1-2H3/t29-,30+,31-,32+,33+/m0/s1. The van der Waals surface area contributed by atoms with E-state index in [-0.39, 0.29) is 6.61 Å². The molecule has 0 spiro atoms. The predicted molar refractivity (Wildman–Crippen MR) is 162 cm³/mol. The number of benzene rings is 4. The fourth-order valence-electron chi connectivity index (χ4n) is 6.01. The minimum atomic E-state index is -0.989. The molecule has 8 heteroatoms. The van der Waals surface area contributed by atoms with Crippen molar-refractivity contribution >= 4 is 0 Å². The van der Waals surface area contributed by atoms with Crippen LogP contribution in [0.1, 0.15) is 36.1 Å². The lowest BCUT2D eigenvalue weighted by Crippen LogP contribution is -2.45. The number of nitrogens with zero attached hydrogens (tertiary/aromatic N) is 3. The van der Waals surface area contributed by atoms with Crippen molar-refractivity contribution in [2.75, 3.05) is 6.61 Å². The molecule has 0 aliphatic carbocycles. The molecule has 4 aromatic rings. The topological polar surface area (TPSA) is 94.9 Å². The Morgan fingerprint density at radius 1 is 0.791 bits per heavy atom. The summed E-state index contributed by atoms with van der Waals surface area (Å²) in [5.74, 6) is -0.831. The van der Waals surface area contributed by atoms with Gasteiger partial charge in [0, 0.05) is 4.91 Å². The zero-order valence-electron chi connectivity index (χ0n) is 24.2. The number of hydrogen-bond donors (Lipinski definition) is 0. The second-order valence-corrected chi connectivity index (χ2v) is 11.2. The molecule has 0 aromatic heterocycles. The number of fused-ring (bicyclic) bond motifs is 1. The maximum absolute atomic E-state index is 9.70. The predicted octanol–water partition coefficient (Wildman–Crippen LogP) is 7.14. The first-order valence-corrected chi connectivity index (χ1v) is 14.5. The van der Waals surface area contributed by atoms with Crippen LogP contribution in [0.15, 0.2) is 126 Å². The third kappa shape index (κ3) is 6.08. The van der Waals surface area contributed by atoms with Gasteiger partial charge < -0.3 is 23.7 Å². The van der Waals surface area contributed by atoms with E-state index in [9.17, 15) is 5.53 Å². The van der Waals surface area contributed by atoms with Crippen molar-refractivity contribution in [2.45, 2.75) is 62.5 Å². The maximum atomic E-state index is 9.70. The van der Waals surface area contributed by atoms with E-state index in [1.165, 1.54) is 0 Å². The number of ether oxygens (including phenoxy) is 5. The third-order valence-electron chi connectivity index (χ3n) is 7.90. The van der Waals surface area contributed by atoms with Crippen molar-refractivity contribution in [3.63, 3.8) is 0 Å². The van der Waals surface area contributed by atoms with Crippen LogP contribution in [0.4, 0.5) is 0 Å². The van der Waals surface area contributed by atoms with E-state index in [1.54, 1.807) is 0 Å². The van der Waals surface area contributed by atoms with E-state index in [0.717, 1.165) is 22.3 Å². The van der Waals surface area contributed by atoms with E-state index in [1.807, 2.05) is 98.8 Å².